The second-order valence-corrected chi connectivity index (χ2v) is 5.02. The van der Waals surface area contributed by atoms with E-state index in [4.69, 9.17) is 21.4 Å². The van der Waals surface area contributed by atoms with Crippen molar-refractivity contribution in [3.8, 4) is 0 Å². The number of furan rings is 1. The Kier molecular flexibility index (Phi) is 3.98. The largest absolute Gasteiger partial charge is 0.465 e. The van der Waals surface area contributed by atoms with Gasteiger partial charge in [0.05, 0.1) is 24.3 Å². The molecule has 0 aromatic carbocycles. The first-order chi connectivity index (χ1) is 8.22. The first-order valence-electron chi connectivity index (χ1n) is 5.00. The van der Waals surface area contributed by atoms with E-state index in [1.807, 2.05) is 0 Å². The summed E-state index contributed by atoms with van der Waals surface area (Å²) in [4.78, 5) is 14.1. The van der Waals surface area contributed by atoms with E-state index in [2.05, 4.69) is 0 Å². The van der Waals surface area contributed by atoms with Crippen LogP contribution in [-0.4, -0.2) is 35.4 Å². The first-order valence-corrected chi connectivity index (χ1v) is 6.22. The number of amides is 1. The Morgan fingerprint density at radius 2 is 2.47 bits per heavy atom. The number of methoxy groups -OCH3 is 1. The zero-order valence-corrected chi connectivity index (χ0v) is 10.8. The number of hydrogen-bond acceptors (Lipinski definition) is 5. The van der Waals surface area contributed by atoms with E-state index in [1.54, 1.807) is 31.6 Å². The van der Waals surface area contributed by atoms with Gasteiger partial charge >= 0.3 is 0 Å². The highest BCUT2D eigenvalue weighted by atomic mass is 32.2. The van der Waals surface area contributed by atoms with Crippen molar-refractivity contribution in [3.05, 3.63) is 29.1 Å². The standard InChI is InChI=1S/C11H11NO3S2/c1-14-6-4-12-10(13)9(17-11(12)16)7-8-3-2-5-15-8/h2-3,5,7H,4,6H2,1H3/b9-7-. The van der Waals surface area contributed by atoms with E-state index in [9.17, 15) is 4.79 Å². The van der Waals surface area contributed by atoms with Crippen molar-refractivity contribution in [2.24, 2.45) is 0 Å². The maximum absolute atomic E-state index is 12.0. The fourth-order valence-corrected chi connectivity index (χ4v) is 2.67. The predicted molar refractivity (Wildman–Crippen MR) is 70.5 cm³/mol. The summed E-state index contributed by atoms with van der Waals surface area (Å²) >= 11 is 6.43. The van der Waals surface area contributed by atoms with Gasteiger partial charge in [0.15, 0.2) is 0 Å². The van der Waals surface area contributed by atoms with E-state index >= 15 is 0 Å². The van der Waals surface area contributed by atoms with Crippen LogP contribution in [0.4, 0.5) is 0 Å². The van der Waals surface area contributed by atoms with Gasteiger partial charge in [0.1, 0.15) is 10.1 Å². The quantitative estimate of drug-likeness (QED) is 0.619. The Hall–Kier alpha value is -1.11. The smallest absolute Gasteiger partial charge is 0.266 e. The molecule has 1 aromatic rings. The monoisotopic (exact) mass is 269 g/mol. The summed E-state index contributed by atoms with van der Waals surface area (Å²) in [5, 5.41) is 0. The van der Waals surface area contributed by atoms with Gasteiger partial charge in [0.25, 0.3) is 5.91 Å². The number of hydrogen-bond donors (Lipinski definition) is 0. The van der Waals surface area contributed by atoms with Crippen molar-refractivity contribution in [2.45, 2.75) is 0 Å². The summed E-state index contributed by atoms with van der Waals surface area (Å²) in [7, 11) is 1.59. The Balaban J connectivity index is 2.13. The van der Waals surface area contributed by atoms with Gasteiger partial charge in [-0.1, -0.05) is 24.0 Å². The van der Waals surface area contributed by atoms with E-state index in [-0.39, 0.29) is 5.91 Å². The van der Waals surface area contributed by atoms with Crippen LogP contribution in [0.3, 0.4) is 0 Å². The highest BCUT2D eigenvalue weighted by molar-refractivity contribution is 8.26. The zero-order chi connectivity index (χ0) is 12.3. The molecule has 0 aliphatic carbocycles. The molecule has 17 heavy (non-hydrogen) atoms. The van der Waals surface area contributed by atoms with Crippen LogP contribution in [0.1, 0.15) is 5.76 Å². The number of carbonyl (C=O) groups is 1. The molecule has 0 spiro atoms. The highest BCUT2D eigenvalue weighted by Gasteiger charge is 2.31. The Labute approximate surface area is 109 Å². The second kappa shape index (κ2) is 5.48. The van der Waals surface area contributed by atoms with Gasteiger partial charge in [-0.15, -0.1) is 0 Å². The number of ether oxygens (including phenoxy) is 1. The number of thiocarbonyl (C=S) groups is 1. The van der Waals surface area contributed by atoms with Crippen molar-refractivity contribution >= 4 is 40.3 Å². The molecule has 0 radical (unpaired) electrons. The predicted octanol–water partition coefficient (Wildman–Crippen LogP) is 2.13. The van der Waals surface area contributed by atoms with Crippen LogP contribution in [0.2, 0.25) is 0 Å². The molecule has 6 heteroatoms. The topological polar surface area (TPSA) is 42.7 Å². The van der Waals surface area contributed by atoms with Crippen LogP contribution in [0.25, 0.3) is 6.08 Å². The van der Waals surface area contributed by atoms with Crippen LogP contribution < -0.4 is 0 Å². The van der Waals surface area contributed by atoms with Crippen LogP contribution >= 0.6 is 24.0 Å². The lowest BCUT2D eigenvalue weighted by molar-refractivity contribution is -0.122. The molecule has 4 nitrogen and oxygen atoms in total. The van der Waals surface area contributed by atoms with E-state index < -0.39 is 0 Å². The highest BCUT2D eigenvalue weighted by Crippen LogP contribution is 2.32. The van der Waals surface area contributed by atoms with Gasteiger partial charge in [-0.05, 0) is 12.1 Å². The van der Waals surface area contributed by atoms with Gasteiger partial charge in [-0.25, -0.2) is 0 Å². The van der Waals surface area contributed by atoms with Gasteiger partial charge in [0.2, 0.25) is 0 Å². The molecule has 1 amide bonds. The lowest BCUT2D eigenvalue weighted by atomic mass is 10.3. The molecule has 1 saturated heterocycles. The van der Waals surface area contributed by atoms with Crippen molar-refractivity contribution < 1.29 is 13.9 Å². The maximum atomic E-state index is 12.0. The minimum Gasteiger partial charge on any atom is -0.465 e. The molecule has 0 N–H and O–H groups in total. The number of thioether (sulfide) groups is 1. The third kappa shape index (κ3) is 2.77. The van der Waals surface area contributed by atoms with Crippen LogP contribution in [-0.2, 0) is 9.53 Å². The van der Waals surface area contributed by atoms with Crippen molar-refractivity contribution in [3.63, 3.8) is 0 Å². The molecule has 1 fully saturated rings. The Morgan fingerprint density at radius 1 is 1.65 bits per heavy atom. The summed E-state index contributed by atoms with van der Waals surface area (Å²) < 4.78 is 10.7. The van der Waals surface area contributed by atoms with Gasteiger partial charge in [-0.2, -0.15) is 0 Å². The molecule has 0 atom stereocenters. The molecule has 1 aromatic heterocycles. The average molecular weight is 269 g/mol. The lowest BCUT2D eigenvalue weighted by Crippen LogP contribution is -2.31. The number of carbonyl (C=O) groups excluding carboxylic acids is 1. The fraction of sp³-hybridized carbons (Fsp3) is 0.273. The number of rotatable bonds is 4. The average Bonchev–Trinajstić information content (AvgIpc) is 2.89. The molecular formula is C11H11NO3S2. The zero-order valence-electron chi connectivity index (χ0n) is 9.21. The van der Waals surface area contributed by atoms with E-state index in [0.717, 1.165) is 0 Å². The second-order valence-electron chi connectivity index (χ2n) is 3.34. The number of nitrogens with zero attached hydrogens (tertiary/aromatic N) is 1. The van der Waals surface area contributed by atoms with Crippen molar-refractivity contribution in [1.29, 1.82) is 0 Å². The molecule has 1 aliphatic heterocycles. The van der Waals surface area contributed by atoms with Crippen LogP contribution in [0.5, 0.6) is 0 Å². The SMILES string of the molecule is COCCN1C(=O)/C(=C/c2ccco2)SC1=S. The molecular weight excluding hydrogens is 258 g/mol. The Bertz CT molecular complexity index is 453. The maximum Gasteiger partial charge on any atom is 0.266 e. The summed E-state index contributed by atoms with van der Waals surface area (Å²) in [5.74, 6) is 0.561. The van der Waals surface area contributed by atoms with Gasteiger partial charge < -0.3 is 9.15 Å². The molecule has 0 unspecified atom stereocenters. The minimum absolute atomic E-state index is 0.0894. The molecule has 2 heterocycles. The molecule has 2 rings (SSSR count). The first kappa shape index (κ1) is 12.3. The molecule has 0 bridgehead atoms. The van der Waals surface area contributed by atoms with Crippen molar-refractivity contribution in [1.82, 2.24) is 4.90 Å². The van der Waals surface area contributed by atoms with Gasteiger partial charge in [0, 0.05) is 13.2 Å². The summed E-state index contributed by atoms with van der Waals surface area (Å²) in [5.41, 5.74) is 0. The van der Waals surface area contributed by atoms with E-state index in [1.165, 1.54) is 16.7 Å². The normalized spacial score (nSPS) is 18.4. The lowest BCUT2D eigenvalue weighted by Gasteiger charge is -2.12. The summed E-state index contributed by atoms with van der Waals surface area (Å²) in [6.45, 7) is 0.955. The fourth-order valence-electron chi connectivity index (χ4n) is 1.38. The summed E-state index contributed by atoms with van der Waals surface area (Å²) in [6, 6.07) is 3.57. The molecule has 90 valence electrons. The minimum atomic E-state index is -0.0894. The van der Waals surface area contributed by atoms with E-state index in [0.29, 0.717) is 28.1 Å². The Morgan fingerprint density at radius 3 is 3.12 bits per heavy atom. The van der Waals surface area contributed by atoms with Crippen LogP contribution in [0, 0.1) is 0 Å². The third-order valence-electron chi connectivity index (χ3n) is 2.21. The van der Waals surface area contributed by atoms with Crippen molar-refractivity contribution in [2.75, 3.05) is 20.3 Å². The summed E-state index contributed by atoms with van der Waals surface area (Å²) in [6.07, 6.45) is 3.27. The molecule has 1 aliphatic rings. The van der Waals surface area contributed by atoms with Crippen LogP contribution in [0.15, 0.2) is 27.7 Å². The third-order valence-corrected chi connectivity index (χ3v) is 3.59. The molecule has 0 saturated carbocycles. The van der Waals surface area contributed by atoms with Gasteiger partial charge in [-0.3, -0.25) is 9.69 Å².